The molecule has 0 unspecified atom stereocenters. The van der Waals surface area contributed by atoms with Crippen LogP contribution in [-0.4, -0.2) is 11.3 Å². The van der Waals surface area contributed by atoms with E-state index < -0.39 is 18.1 Å². The highest BCUT2D eigenvalue weighted by Crippen LogP contribution is 2.29. The first-order chi connectivity index (χ1) is 9.89. The number of halogens is 4. The Bertz CT molecular complexity index is 692. The molecule has 7 heteroatoms. The van der Waals surface area contributed by atoms with E-state index in [0.29, 0.717) is 0 Å². The normalized spacial score (nSPS) is 11.0. The van der Waals surface area contributed by atoms with Gasteiger partial charge in [0.15, 0.2) is 0 Å². The maximum absolute atomic E-state index is 13.8. The lowest BCUT2D eigenvalue weighted by atomic mass is 10.1. The highest BCUT2D eigenvalue weighted by atomic mass is 19.4. The fourth-order valence-electron chi connectivity index (χ4n) is 1.73. The summed E-state index contributed by atoms with van der Waals surface area (Å²) in [6.07, 6.45) is -4.86. The van der Waals surface area contributed by atoms with Crippen molar-refractivity contribution in [3.63, 3.8) is 0 Å². The van der Waals surface area contributed by atoms with Crippen molar-refractivity contribution in [3.8, 4) is 22.9 Å². The van der Waals surface area contributed by atoms with Gasteiger partial charge < -0.3 is 4.74 Å². The lowest BCUT2D eigenvalue weighted by molar-refractivity contribution is -0.274. The summed E-state index contributed by atoms with van der Waals surface area (Å²) in [5, 5.41) is 8.51. The van der Waals surface area contributed by atoms with Crippen LogP contribution in [0, 0.1) is 17.3 Å². The summed E-state index contributed by atoms with van der Waals surface area (Å²) in [7, 11) is 0. The lowest BCUT2D eigenvalue weighted by Gasteiger charge is -2.10. The number of hydrogen-bond acceptors (Lipinski definition) is 3. The van der Waals surface area contributed by atoms with Crippen molar-refractivity contribution in [2.24, 2.45) is 0 Å². The summed E-state index contributed by atoms with van der Waals surface area (Å²) >= 11 is 0. The molecule has 2 aromatic rings. The number of benzene rings is 1. The second-order valence-electron chi connectivity index (χ2n) is 4.05. The molecular weight excluding hydrogens is 288 g/mol. The molecule has 0 amide bonds. The molecule has 0 saturated heterocycles. The van der Waals surface area contributed by atoms with Gasteiger partial charge in [0, 0.05) is 5.56 Å². The average Bonchev–Trinajstić information content (AvgIpc) is 2.37. The summed E-state index contributed by atoms with van der Waals surface area (Å²) in [6.45, 7) is 0. The van der Waals surface area contributed by atoms with Gasteiger partial charge in [0.05, 0.1) is 18.2 Å². The zero-order chi connectivity index (χ0) is 15.5. The number of hydrogen-bond donors (Lipinski definition) is 0. The summed E-state index contributed by atoms with van der Waals surface area (Å²) in [6, 6.07) is 9.58. The first-order valence-corrected chi connectivity index (χ1v) is 5.77. The molecule has 108 valence electrons. The quantitative estimate of drug-likeness (QED) is 0.638. The number of rotatable bonds is 3. The van der Waals surface area contributed by atoms with Gasteiger partial charge in [0.1, 0.15) is 5.75 Å². The fourth-order valence-corrected chi connectivity index (χ4v) is 1.73. The Morgan fingerprint density at radius 2 is 1.95 bits per heavy atom. The van der Waals surface area contributed by atoms with Crippen LogP contribution in [0.2, 0.25) is 0 Å². The van der Waals surface area contributed by atoms with E-state index in [4.69, 9.17) is 5.26 Å². The van der Waals surface area contributed by atoms with E-state index in [2.05, 4.69) is 9.72 Å². The van der Waals surface area contributed by atoms with Crippen LogP contribution in [0.25, 0.3) is 11.1 Å². The van der Waals surface area contributed by atoms with Crippen LogP contribution in [0.5, 0.6) is 5.75 Å². The molecule has 3 nitrogen and oxygen atoms in total. The smallest absolute Gasteiger partial charge is 0.406 e. The molecule has 0 aliphatic heterocycles. The van der Waals surface area contributed by atoms with Crippen LogP contribution < -0.4 is 4.74 Å². The molecular formula is C14H8F4N2O. The average molecular weight is 296 g/mol. The number of nitriles is 1. The Hall–Kier alpha value is -2.62. The molecule has 0 radical (unpaired) electrons. The van der Waals surface area contributed by atoms with Crippen LogP contribution in [-0.2, 0) is 6.42 Å². The maximum atomic E-state index is 13.8. The Kier molecular flexibility index (Phi) is 4.08. The van der Waals surface area contributed by atoms with Gasteiger partial charge in [-0.1, -0.05) is 12.1 Å². The SMILES string of the molecule is N#CCc1ccc(-c2cccc(OC(F)(F)F)c2)c(F)n1. The van der Waals surface area contributed by atoms with Gasteiger partial charge in [-0.3, -0.25) is 0 Å². The highest BCUT2D eigenvalue weighted by molar-refractivity contribution is 5.64. The van der Waals surface area contributed by atoms with Gasteiger partial charge in [-0.15, -0.1) is 13.2 Å². The number of nitrogens with zero attached hydrogens (tertiary/aromatic N) is 2. The van der Waals surface area contributed by atoms with E-state index in [1.54, 1.807) is 0 Å². The van der Waals surface area contributed by atoms with Gasteiger partial charge in [-0.25, -0.2) is 4.98 Å². The van der Waals surface area contributed by atoms with Crippen molar-refractivity contribution >= 4 is 0 Å². The first-order valence-electron chi connectivity index (χ1n) is 5.77. The van der Waals surface area contributed by atoms with Crippen LogP contribution in [0.3, 0.4) is 0 Å². The van der Waals surface area contributed by atoms with Crippen molar-refractivity contribution in [3.05, 3.63) is 48.0 Å². The number of pyridine rings is 1. The Morgan fingerprint density at radius 1 is 1.19 bits per heavy atom. The molecule has 2 rings (SSSR count). The predicted molar refractivity (Wildman–Crippen MR) is 65.6 cm³/mol. The molecule has 0 aliphatic carbocycles. The van der Waals surface area contributed by atoms with Crippen molar-refractivity contribution in [2.45, 2.75) is 12.8 Å². The van der Waals surface area contributed by atoms with Gasteiger partial charge in [0.2, 0.25) is 5.95 Å². The van der Waals surface area contributed by atoms with E-state index >= 15 is 0 Å². The minimum atomic E-state index is -4.81. The molecule has 0 spiro atoms. The Morgan fingerprint density at radius 3 is 2.57 bits per heavy atom. The first kappa shape index (κ1) is 14.8. The number of alkyl halides is 3. The van der Waals surface area contributed by atoms with Crippen molar-refractivity contribution in [2.75, 3.05) is 0 Å². The molecule has 0 aliphatic rings. The number of ether oxygens (including phenoxy) is 1. The lowest BCUT2D eigenvalue weighted by Crippen LogP contribution is -2.17. The van der Waals surface area contributed by atoms with E-state index in [1.165, 1.54) is 24.3 Å². The fraction of sp³-hybridized carbons (Fsp3) is 0.143. The third kappa shape index (κ3) is 3.92. The molecule has 0 N–H and O–H groups in total. The minimum absolute atomic E-state index is 0.0318. The van der Waals surface area contributed by atoms with Crippen molar-refractivity contribution < 1.29 is 22.3 Å². The highest BCUT2D eigenvalue weighted by Gasteiger charge is 2.31. The molecule has 0 saturated carbocycles. The third-order valence-corrected chi connectivity index (χ3v) is 2.55. The van der Waals surface area contributed by atoms with E-state index in [-0.39, 0.29) is 23.2 Å². The standard InChI is InChI=1S/C14H8F4N2O/c15-13-12(5-4-10(20-13)6-7-19)9-2-1-3-11(8-9)21-14(16,17)18/h1-5,8H,6H2. The van der Waals surface area contributed by atoms with Crippen molar-refractivity contribution in [1.82, 2.24) is 4.98 Å². The van der Waals surface area contributed by atoms with E-state index in [1.807, 2.05) is 6.07 Å². The number of aromatic nitrogens is 1. The largest absolute Gasteiger partial charge is 0.573 e. The van der Waals surface area contributed by atoms with Crippen LogP contribution in [0.15, 0.2) is 36.4 Å². The van der Waals surface area contributed by atoms with Gasteiger partial charge in [-0.2, -0.15) is 9.65 Å². The zero-order valence-electron chi connectivity index (χ0n) is 10.5. The molecule has 0 fully saturated rings. The molecule has 1 heterocycles. The molecule has 0 atom stereocenters. The van der Waals surface area contributed by atoms with Crippen LogP contribution in [0.1, 0.15) is 5.69 Å². The van der Waals surface area contributed by atoms with Gasteiger partial charge in [-0.05, 0) is 29.8 Å². The second kappa shape index (κ2) is 5.79. The van der Waals surface area contributed by atoms with Gasteiger partial charge >= 0.3 is 6.36 Å². The monoisotopic (exact) mass is 296 g/mol. The zero-order valence-corrected chi connectivity index (χ0v) is 10.5. The molecule has 1 aromatic heterocycles. The van der Waals surface area contributed by atoms with Gasteiger partial charge in [0.25, 0.3) is 0 Å². The molecule has 21 heavy (non-hydrogen) atoms. The second-order valence-corrected chi connectivity index (χ2v) is 4.05. The molecule has 0 bridgehead atoms. The summed E-state index contributed by atoms with van der Waals surface area (Å²) in [5.41, 5.74) is 0.482. The van der Waals surface area contributed by atoms with Crippen molar-refractivity contribution in [1.29, 1.82) is 5.26 Å². The van der Waals surface area contributed by atoms with Crippen LogP contribution >= 0.6 is 0 Å². The Balaban J connectivity index is 2.34. The summed E-state index contributed by atoms with van der Waals surface area (Å²) in [5.74, 6) is -1.30. The topological polar surface area (TPSA) is 45.9 Å². The molecule has 1 aromatic carbocycles. The predicted octanol–water partition coefficient (Wildman–Crippen LogP) is 3.85. The maximum Gasteiger partial charge on any atom is 0.573 e. The third-order valence-electron chi connectivity index (χ3n) is 2.55. The minimum Gasteiger partial charge on any atom is -0.406 e. The summed E-state index contributed by atoms with van der Waals surface area (Å²) in [4.78, 5) is 3.59. The van der Waals surface area contributed by atoms with E-state index in [0.717, 1.165) is 12.1 Å². The summed E-state index contributed by atoms with van der Waals surface area (Å²) < 4.78 is 54.1. The van der Waals surface area contributed by atoms with E-state index in [9.17, 15) is 17.6 Å². The Labute approximate surface area is 117 Å². The van der Waals surface area contributed by atoms with Crippen LogP contribution in [0.4, 0.5) is 17.6 Å².